The van der Waals surface area contributed by atoms with Gasteiger partial charge in [-0.15, -0.1) is 0 Å². The quantitative estimate of drug-likeness (QED) is 0.218. The number of hydrogen-bond acceptors (Lipinski definition) is 6. The number of aliphatic hydroxyl groups excluding tert-OH is 1. The van der Waals surface area contributed by atoms with Gasteiger partial charge < -0.3 is 30.5 Å². The van der Waals surface area contributed by atoms with Crippen LogP contribution in [0.4, 0.5) is 5.69 Å². The number of hydrogen-bond donors (Lipinski definition) is 4. The molecule has 0 aromatic heterocycles. The molecule has 0 aliphatic carbocycles. The topological polar surface area (TPSA) is 128 Å². The summed E-state index contributed by atoms with van der Waals surface area (Å²) in [5.41, 5.74) is 4.39. The number of carbonyl (C=O) groups is 3. The lowest BCUT2D eigenvalue weighted by molar-refractivity contribution is -0.123. The van der Waals surface area contributed by atoms with Crippen LogP contribution in [-0.2, 0) is 29.0 Å². The summed E-state index contributed by atoms with van der Waals surface area (Å²) in [5.74, 6) is 0.632. The van der Waals surface area contributed by atoms with Crippen LogP contribution in [0.3, 0.4) is 0 Å². The molecule has 0 bridgehead atoms. The fourth-order valence-electron chi connectivity index (χ4n) is 5.16. The van der Waals surface area contributed by atoms with Crippen molar-refractivity contribution in [2.45, 2.75) is 64.1 Å². The zero-order valence-electron chi connectivity index (χ0n) is 25.0. The lowest BCUT2D eigenvalue weighted by Gasteiger charge is -2.28. The van der Waals surface area contributed by atoms with Crippen molar-refractivity contribution in [3.63, 3.8) is 0 Å². The highest BCUT2D eigenvalue weighted by Gasteiger charge is 2.25. The standard InChI is InChI=1S/C33H41N3O4.CH2O2/c1-3-10-25-17-27(21-28(18-25)36-16-8-7-15-32(36)38)33(39)35-30(20-24-11-5-4-6-12-24)31(37)23-34-22-26-13-9-14-29(19-26)40-2;2-1-3/h4-6,9,11-14,17-19,21,30-31,34,37H,3,7-8,10,15-16,20,22-23H2,1-2H3,(H,35,39);1H,(H,2,3)/t30-,31+;/m0./s1. The monoisotopic (exact) mass is 589 g/mol. The van der Waals surface area contributed by atoms with E-state index in [0.717, 1.165) is 53.8 Å². The van der Waals surface area contributed by atoms with Crippen LogP contribution in [0.5, 0.6) is 5.75 Å². The second kappa shape index (κ2) is 17.7. The van der Waals surface area contributed by atoms with Crippen LogP contribution in [0.25, 0.3) is 0 Å². The Kier molecular flexibility index (Phi) is 13.7. The molecule has 1 fully saturated rings. The summed E-state index contributed by atoms with van der Waals surface area (Å²) in [6, 6.07) is 22.9. The maximum Gasteiger partial charge on any atom is 0.290 e. The van der Waals surface area contributed by atoms with Crippen LogP contribution in [-0.4, -0.2) is 60.8 Å². The number of carboxylic acid groups (broad SMARTS) is 1. The van der Waals surface area contributed by atoms with E-state index in [2.05, 4.69) is 17.6 Å². The first kappa shape index (κ1) is 33.3. The van der Waals surface area contributed by atoms with E-state index in [1.54, 1.807) is 12.0 Å². The van der Waals surface area contributed by atoms with E-state index in [0.29, 0.717) is 38.0 Å². The highest BCUT2D eigenvalue weighted by atomic mass is 16.5. The fraction of sp³-hybridized carbons (Fsp3) is 0.382. The molecule has 9 heteroatoms. The molecule has 1 aliphatic rings. The first-order chi connectivity index (χ1) is 20.9. The molecule has 2 amide bonds. The van der Waals surface area contributed by atoms with Crippen LogP contribution in [0.15, 0.2) is 72.8 Å². The number of methoxy groups -OCH3 is 1. The fourth-order valence-corrected chi connectivity index (χ4v) is 5.16. The molecule has 1 aliphatic heterocycles. The molecular weight excluding hydrogens is 546 g/mol. The third-order valence-corrected chi connectivity index (χ3v) is 7.31. The van der Waals surface area contributed by atoms with Crippen LogP contribution in [0.1, 0.15) is 59.7 Å². The highest BCUT2D eigenvalue weighted by molar-refractivity contribution is 5.99. The molecule has 9 nitrogen and oxygen atoms in total. The number of aryl methyl sites for hydroxylation is 1. The summed E-state index contributed by atoms with van der Waals surface area (Å²) in [6.45, 7) is 3.39. The van der Waals surface area contributed by atoms with E-state index in [-0.39, 0.29) is 18.3 Å². The Morgan fingerprint density at radius 3 is 2.47 bits per heavy atom. The van der Waals surface area contributed by atoms with Gasteiger partial charge in [-0.2, -0.15) is 0 Å². The van der Waals surface area contributed by atoms with Crippen molar-refractivity contribution in [1.29, 1.82) is 0 Å². The lowest BCUT2D eigenvalue weighted by atomic mass is 9.99. The first-order valence-electron chi connectivity index (χ1n) is 14.8. The molecule has 3 aromatic rings. The highest BCUT2D eigenvalue weighted by Crippen LogP contribution is 2.25. The smallest absolute Gasteiger partial charge is 0.290 e. The van der Waals surface area contributed by atoms with E-state index in [4.69, 9.17) is 14.6 Å². The maximum atomic E-state index is 13.6. The summed E-state index contributed by atoms with van der Waals surface area (Å²) in [7, 11) is 1.64. The van der Waals surface area contributed by atoms with Gasteiger partial charge in [0.05, 0.1) is 19.3 Å². The molecule has 1 saturated heterocycles. The van der Waals surface area contributed by atoms with Gasteiger partial charge in [-0.25, -0.2) is 0 Å². The summed E-state index contributed by atoms with van der Waals surface area (Å²) in [6.07, 6.45) is 3.82. The molecule has 230 valence electrons. The van der Waals surface area contributed by atoms with Gasteiger partial charge in [-0.1, -0.05) is 55.8 Å². The van der Waals surface area contributed by atoms with Crippen molar-refractivity contribution >= 4 is 24.0 Å². The molecule has 0 spiro atoms. The van der Waals surface area contributed by atoms with Crippen molar-refractivity contribution in [2.75, 3.05) is 25.1 Å². The molecule has 4 rings (SSSR count). The largest absolute Gasteiger partial charge is 0.497 e. The Bertz CT molecular complexity index is 1320. The molecule has 3 aromatic carbocycles. The van der Waals surface area contributed by atoms with Crippen molar-refractivity contribution in [2.24, 2.45) is 0 Å². The van der Waals surface area contributed by atoms with Crippen LogP contribution < -0.4 is 20.3 Å². The number of piperidine rings is 1. The van der Waals surface area contributed by atoms with Crippen molar-refractivity contribution in [3.8, 4) is 5.75 Å². The number of aliphatic hydroxyl groups is 1. The lowest BCUT2D eigenvalue weighted by Crippen LogP contribution is -2.48. The summed E-state index contributed by atoms with van der Waals surface area (Å²) >= 11 is 0. The van der Waals surface area contributed by atoms with Crippen LogP contribution in [0, 0.1) is 0 Å². The van der Waals surface area contributed by atoms with Crippen molar-refractivity contribution in [3.05, 3.63) is 95.1 Å². The zero-order valence-corrected chi connectivity index (χ0v) is 25.0. The van der Waals surface area contributed by atoms with Crippen LogP contribution >= 0.6 is 0 Å². The maximum absolute atomic E-state index is 13.6. The van der Waals surface area contributed by atoms with Gasteiger partial charge in [-0.3, -0.25) is 14.4 Å². The number of nitrogens with one attached hydrogen (secondary N) is 2. The van der Waals surface area contributed by atoms with Gasteiger partial charge in [0.2, 0.25) is 5.91 Å². The second-order valence-corrected chi connectivity index (χ2v) is 10.6. The normalized spacial score (nSPS) is 14.2. The number of ether oxygens (including phenoxy) is 1. The van der Waals surface area contributed by atoms with Crippen molar-refractivity contribution in [1.82, 2.24) is 10.6 Å². The average Bonchev–Trinajstić information content (AvgIpc) is 3.02. The number of carbonyl (C=O) groups excluding carboxylic acids is 2. The van der Waals surface area contributed by atoms with Crippen molar-refractivity contribution < 1.29 is 29.3 Å². The molecule has 0 radical (unpaired) electrons. The summed E-state index contributed by atoms with van der Waals surface area (Å²) < 4.78 is 5.30. The van der Waals surface area contributed by atoms with Gasteiger partial charge in [0, 0.05) is 37.3 Å². The molecule has 0 unspecified atom stereocenters. The van der Waals surface area contributed by atoms with Gasteiger partial charge in [0.25, 0.3) is 12.4 Å². The minimum absolute atomic E-state index is 0.103. The second-order valence-electron chi connectivity index (χ2n) is 10.6. The number of anilines is 1. The van der Waals surface area contributed by atoms with Gasteiger partial charge in [0.15, 0.2) is 0 Å². The van der Waals surface area contributed by atoms with E-state index in [1.165, 1.54) is 0 Å². The number of benzene rings is 3. The van der Waals surface area contributed by atoms with Crippen LogP contribution in [0.2, 0.25) is 0 Å². The predicted octanol–water partition coefficient (Wildman–Crippen LogP) is 4.36. The number of rotatable bonds is 13. The van der Waals surface area contributed by atoms with E-state index < -0.39 is 12.1 Å². The number of amides is 2. The Balaban J connectivity index is 0.00000162. The van der Waals surface area contributed by atoms with E-state index in [9.17, 15) is 14.7 Å². The first-order valence-corrected chi connectivity index (χ1v) is 14.8. The minimum atomic E-state index is -0.822. The average molecular weight is 590 g/mol. The third kappa shape index (κ3) is 10.5. The van der Waals surface area contributed by atoms with Gasteiger partial charge >= 0.3 is 0 Å². The third-order valence-electron chi connectivity index (χ3n) is 7.31. The molecule has 43 heavy (non-hydrogen) atoms. The Hall–Kier alpha value is -4.21. The summed E-state index contributed by atoms with van der Waals surface area (Å²) in [4.78, 5) is 36.4. The zero-order chi connectivity index (χ0) is 31.0. The molecule has 0 saturated carbocycles. The summed E-state index contributed by atoms with van der Waals surface area (Å²) in [5, 5.41) is 24.5. The SMILES string of the molecule is CCCc1cc(C(=O)N[C@@H](Cc2ccccc2)[C@H](O)CNCc2cccc(OC)c2)cc(N2CCCCC2=O)c1.O=CO. The molecule has 2 atom stereocenters. The van der Waals surface area contributed by atoms with E-state index in [1.807, 2.05) is 72.8 Å². The van der Waals surface area contributed by atoms with Gasteiger partial charge in [-0.05, 0) is 72.7 Å². The Morgan fingerprint density at radius 1 is 1.02 bits per heavy atom. The Morgan fingerprint density at radius 2 is 1.77 bits per heavy atom. The molecular formula is C34H43N3O6. The Labute approximate surface area is 253 Å². The number of nitrogens with zero attached hydrogens (tertiary/aromatic N) is 1. The molecule has 1 heterocycles. The predicted molar refractivity (Wildman–Crippen MR) is 167 cm³/mol. The molecule has 4 N–H and O–H groups in total. The minimum Gasteiger partial charge on any atom is -0.497 e. The van der Waals surface area contributed by atoms with Gasteiger partial charge in [0.1, 0.15) is 5.75 Å². The van der Waals surface area contributed by atoms with E-state index >= 15 is 0 Å².